The molecular weight excluding hydrogens is 480 g/mol. The zero-order valence-electron chi connectivity index (χ0n) is 17.4. The highest BCUT2D eigenvalue weighted by Gasteiger charge is 2.24. The highest BCUT2D eigenvalue weighted by Crippen LogP contribution is 2.36. The van der Waals surface area contributed by atoms with Gasteiger partial charge >= 0.3 is 0 Å². The summed E-state index contributed by atoms with van der Waals surface area (Å²) in [6.07, 6.45) is 3.45. The molecule has 2 aromatic carbocycles. The summed E-state index contributed by atoms with van der Waals surface area (Å²) in [5, 5.41) is 6.78. The minimum atomic E-state index is -3.58. The molecule has 2 heterocycles. The molecular formula is C20H16F4N6O3S. The third-order valence-corrected chi connectivity index (χ3v) is 5.29. The summed E-state index contributed by atoms with van der Waals surface area (Å²) in [5.74, 6) is -4.86. The van der Waals surface area contributed by atoms with Crippen LogP contribution in [0.5, 0.6) is 11.5 Å². The summed E-state index contributed by atoms with van der Waals surface area (Å²) in [6, 6.07) is 4.10. The quantitative estimate of drug-likeness (QED) is 0.360. The Labute approximate surface area is 190 Å². The van der Waals surface area contributed by atoms with Crippen LogP contribution in [0.1, 0.15) is 0 Å². The van der Waals surface area contributed by atoms with Gasteiger partial charge in [-0.05, 0) is 12.1 Å². The Morgan fingerprint density at radius 3 is 2.47 bits per heavy atom. The van der Waals surface area contributed by atoms with Crippen molar-refractivity contribution >= 4 is 32.6 Å². The van der Waals surface area contributed by atoms with E-state index in [1.807, 2.05) is 0 Å². The highest BCUT2D eigenvalue weighted by atomic mass is 32.2. The topological polar surface area (TPSA) is 113 Å². The first-order valence-corrected chi connectivity index (χ1v) is 11.5. The molecule has 0 radical (unpaired) electrons. The monoisotopic (exact) mass is 496 g/mol. The molecule has 0 bridgehead atoms. The number of hydrogen-bond donors (Lipinski definition) is 2. The molecule has 178 valence electrons. The second-order valence-corrected chi connectivity index (χ2v) is 8.89. The third-order valence-electron chi connectivity index (χ3n) is 4.56. The lowest BCUT2D eigenvalue weighted by Crippen LogP contribution is -2.33. The van der Waals surface area contributed by atoms with E-state index in [1.54, 1.807) is 0 Å². The lowest BCUT2D eigenvalue weighted by molar-refractivity contribution is 0.430. The Balaban J connectivity index is 1.74. The molecule has 0 amide bonds. The number of sulfonamides is 1. The van der Waals surface area contributed by atoms with Crippen LogP contribution < -0.4 is 14.4 Å². The first-order chi connectivity index (χ1) is 16.1. The van der Waals surface area contributed by atoms with Crippen molar-refractivity contribution in [3.63, 3.8) is 0 Å². The minimum absolute atomic E-state index is 0.0603. The molecule has 0 fully saturated rings. The number of fused-ring (bicyclic) bond motifs is 1. The van der Waals surface area contributed by atoms with Crippen molar-refractivity contribution in [2.24, 2.45) is 0 Å². The molecule has 2 aromatic heterocycles. The molecule has 14 heteroatoms. The van der Waals surface area contributed by atoms with Crippen LogP contribution in [-0.2, 0) is 10.0 Å². The largest absolute Gasteiger partial charge is 0.454 e. The number of aromatic nitrogens is 4. The maximum Gasteiger partial charge on any atom is 0.208 e. The molecule has 0 saturated carbocycles. The molecule has 0 aliphatic heterocycles. The summed E-state index contributed by atoms with van der Waals surface area (Å²) < 4.78 is 87.7. The molecule has 0 saturated heterocycles. The fourth-order valence-corrected chi connectivity index (χ4v) is 3.64. The Morgan fingerprint density at radius 1 is 1.06 bits per heavy atom. The van der Waals surface area contributed by atoms with E-state index in [1.165, 1.54) is 6.20 Å². The third kappa shape index (κ3) is 5.07. The second kappa shape index (κ2) is 9.23. The number of nitrogens with zero attached hydrogens (tertiary/aromatic N) is 4. The molecule has 0 unspecified atom stereocenters. The van der Waals surface area contributed by atoms with Gasteiger partial charge in [-0.2, -0.15) is 5.10 Å². The van der Waals surface area contributed by atoms with Crippen LogP contribution in [0.15, 0.2) is 42.9 Å². The number of hydrogen-bond acceptors (Lipinski definition) is 7. The van der Waals surface area contributed by atoms with Crippen molar-refractivity contribution in [2.75, 3.05) is 24.2 Å². The van der Waals surface area contributed by atoms with Crippen molar-refractivity contribution in [2.45, 2.75) is 0 Å². The van der Waals surface area contributed by atoms with Crippen LogP contribution in [0.2, 0.25) is 0 Å². The van der Waals surface area contributed by atoms with Crippen LogP contribution in [0.25, 0.3) is 11.0 Å². The average Bonchev–Trinajstić information content (AvgIpc) is 3.22. The summed E-state index contributed by atoms with van der Waals surface area (Å²) in [7, 11) is -3.58. The van der Waals surface area contributed by atoms with E-state index in [-0.39, 0.29) is 24.7 Å². The Bertz CT molecular complexity index is 1440. The Hall–Kier alpha value is -3.78. The fraction of sp³-hybridized carbons (Fsp3) is 0.150. The van der Waals surface area contributed by atoms with Gasteiger partial charge in [-0.3, -0.25) is 5.10 Å². The minimum Gasteiger partial charge on any atom is -0.454 e. The van der Waals surface area contributed by atoms with Gasteiger partial charge in [0.2, 0.25) is 10.0 Å². The van der Waals surface area contributed by atoms with Gasteiger partial charge < -0.3 is 9.64 Å². The van der Waals surface area contributed by atoms with Crippen molar-refractivity contribution in [1.29, 1.82) is 0 Å². The lowest BCUT2D eigenvalue weighted by Gasteiger charge is -2.25. The van der Waals surface area contributed by atoms with E-state index < -0.39 is 44.7 Å². The fourth-order valence-electron chi connectivity index (χ4n) is 3.18. The maximum atomic E-state index is 15.2. The van der Waals surface area contributed by atoms with Gasteiger partial charge in [0.1, 0.15) is 29.4 Å². The SMILES string of the molecule is CS(=O)(=O)NCCN(c1c(F)cc(Oc2ccc(F)cc2F)cc1F)c1ncnc2[nH]ncc12. The zero-order chi connectivity index (χ0) is 24.5. The number of halogens is 4. The molecule has 4 aromatic rings. The Kier molecular flexibility index (Phi) is 6.34. The van der Waals surface area contributed by atoms with E-state index >= 15 is 8.78 Å². The molecule has 0 atom stereocenters. The zero-order valence-corrected chi connectivity index (χ0v) is 18.2. The average molecular weight is 496 g/mol. The molecule has 0 aliphatic rings. The number of aromatic amines is 1. The van der Waals surface area contributed by atoms with E-state index in [0.717, 1.165) is 41.7 Å². The molecule has 0 spiro atoms. The number of anilines is 2. The molecule has 9 nitrogen and oxygen atoms in total. The Morgan fingerprint density at radius 2 is 1.79 bits per heavy atom. The summed E-state index contributed by atoms with van der Waals surface area (Å²) in [5.41, 5.74) is -0.276. The van der Waals surface area contributed by atoms with E-state index in [0.29, 0.717) is 17.1 Å². The number of nitrogens with one attached hydrogen (secondary N) is 2. The summed E-state index contributed by atoms with van der Waals surface area (Å²) in [4.78, 5) is 9.19. The van der Waals surface area contributed by atoms with Crippen LogP contribution in [0.3, 0.4) is 0 Å². The number of rotatable bonds is 8. The van der Waals surface area contributed by atoms with Gasteiger partial charge in [0.25, 0.3) is 0 Å². The normalized spacial score (nSPS) is 11.7. The maximum absolute atomic E-state index is 15.2. The van der Waals surface area contributed by atoms with Gasteiger partial charge in [0.15, 0.2) is 28.8 Å². The summed E-state index contributed by atoms with van der Waals surface area (Å²) >= 11 is 0. The first-order valence-electron chi connectivity index (χ1n) is 9.60. The van der Waals surface area contributed by atoms with Crippen molar-refractivity contribution in [1.82, 2.24) is 24.9 Å². The predicted octanol–water partition coefficient (Wildman–Crippen LogP) is 3.39. The smallest absolute Gasteiger partial charge is 0.208 e. The standard InChI is InChI=1S/C20H16F4N6O3S/c1-34(31,32)28-4-5-30(20-13-9-27-29-19(13)25-10-26-20)18-15(23)7-12(8-16(18)24)33-17-3-2-11(21)6-14(17)22/h2-3,6-10,28H,4-5H2,1H3,(H,25,26,27,29). The van der Waals surface area contributed by atoms with Crippen molar-refractivity contribution in [3.8, 4) is 11.5 Å². The van der Waals surface area contributed by atoms with E-state index in [4.69, 9.17) is 4.74 Å². The van der Waals surface area contributed by atoms with Gasteiger partial charge in [0.05, 0.1) is 17.8 Å². The van der Waals surface area contributed by atoms with Crippen LogP contribution in [0, 0.1) is 23.3 Å². The van der Waals surface area contributed by atoms with Crippen LogP contribution in [-0.4, -0.2) is 47.9 Å². The van der Waals surface area contributed by atoms with Gasteiger partial charge in [-0.15, -0.1) is 0 Å². The number of H-pyrrole nitrogens is 1. The highest BCUT2D eigenvalue weighted by molar-refractivity contribution is 7.88. The van der Waals surface area contributed by atoms with E-state index in [2.05, 4.69) is 24.9 Å². The van der Waals surface area contributed by atoms with Gasteiger partial charge in [-0.1, -0.05) is 0 Å². The number of benzene rings is 2. The van der Waals surface area contributed by atoms with Crippen LogP contribution >= 0.6 is 0 Å². The van der Waals surface area contributed by atoms with Crippen molar-refractivity contribution < 1.29 is 30.7 Å². The molecule has 2 N–H and O–H groups in total. The predicted molar refractivity (Wildman–Crippen MR) is 114 cm³/mol. The molecule has 0 aliphatic carbocycles. The number of ether oxygens (including phenoxy) is 1. The second-order valence-electron chi connectivity index (χ2n) is 7.06. The summed E-state index contributed by atoms with van der Waals surface area (Å²) in [6.45, 7) is -0.425. The molecule has 34 heavy (non-hydrogen) atoms. The van der Waals surface area contributed by atoms with Crippen LogP contribution in [0.4, 0.5) is 29.1 Å². The van der Waals surface area contributed by atoms with Crippen molar-refractivity contribution in [3.05, 3.63) is 66.1 Å². The first kappa shape index (κ1) is 23.4. The van der Waals surface area contributed by atoms with E-state index in [9.17, 15) is 17.2 Å². The molecule has 4 rings (SSSR count). The van der Waals surface area contributed by atoms with Gasteiger partial charge in [0, 0.05) is 31.3 Å². The van der Waals surface area contributed by atoms with Gasteiger partial charge in [-0.25, -0.2) is 40.7 Å². The lowest BCUT2D eigenvalue weighted by atomic mass is 10.2.